The summed E-state index contributed by atoms with van der Waals surface area (Å²) in [5.74, 6) is 0. The van der Waals surface area contributed by atoms with E-state index in [0.29, 0.717) is 5.01 Å². The molecule has 1 aromatic carbocycles. The molecular weight excluding hydrogens is 246 g/mol. The van der Waals surface area contributed by atoms with Crippen molar-refractivity contribution in [2.24, 2.45) is 0 Å². The lowest BCUT2D eigenvalue weighted by atomic mass is 10.2. The van der Waals surface area contributed by atoms with Crippen molar-refractivity contribution in [1.82, 2.24) is 10.2 Å². The van der Waals surface area contributed by atoms with Crippen molar-refractivity contribution in [3.05, 3.63) is 30.3 Å². The summed E-state index contributed by atoms with van der Waals surface area (Å²) in [7, 11) is -3.29. The van der Waals surface area contributed by atoms with Crippen molar-refractivity contribution in [2.75, 3.05) is 11.0 Å². The Kier molecular flexibility index (Phi) is 2.88. The van der Waals surface area contributed by atoms with Crippen LogP contribution < -0.4 is 4.72 Å². The average Bonchev–Trinajstić information content (AvgIpc) is 2.65. The van der Waals surface area contributed by atoms with E-state index in [4.69, 9.17) is 0 Å². The number of rotatable bonds is 3. The predicted octanol–water partition coefficient (Wildman–Crippen LogP) is 1.58. The molecule has 0 aliphatic heterocycles. The zero-order chi connectivity index (χ0) is 11.6. The van der Waals surface area contributed by atoms with E-state index < -0.39 is 10.0 Å². The van der Waals surface area contributed by atoms with E-state index in [0.717, 1.165) is 11.8 Å². The molecule has 0 saturated carbocycles. The Hall–Kier alpha value is -1.47. The normalized spacial score (nSPS) is 11.3. The van der Waals surface area contributed by atoms with Gasteiger partial charge in [-0.15, -0.1) is 10.2 Å². The summed E-state index contributed by atoms with van der Waals surface area (Å²) in [5, 5.41) is 8.63. The first-order valence-electron chi connectivity index (χ1n) is 4.41. The molecule has 2 aromatic rings. The lowest BCUT2D eigenvalue weighted by Gasteiger charge is -1.95. The summed E-state index contributed by atoms with van der Waals surface area (Å²) in [5.41, 5.74) is 0.918. The van der Waals surface area contributed by atoms with Crippen molar-refractivity contribution in [3.63, 3.8) is 0 Å². The minimum absolute atomic E-state index is 0.279. The maximum Gasteiger partial charge on any atom is 0.231 e. The Bertz CT molecular complexity index is 578. The fourth-order valence-electron chi connectivity index (χ4n) is 1.12. The van der Waals surface area contributed by atoms with E-state index in [1.54, 1.807) is 0 Å². The monoisotopic (exact) mass is 255 g/mol. The Morgan fingerprint density at radius 3 is 2.50 bits per heavy atom. The van der Waals surface area contributed by atoms with Crippen LogP contribution in [0.25, 0.3) is 10.6 Å². The third-order valence-corrected chi connectivity index (χ3v) is 3.30. The molecule has 0 atom stereocenters. The van der Waals surface area contributed by atoms with Crippen molar-refractivity contribution in [1.29, 1.82) is 0 Å². The highest BCUT2D eigenvalue weighted by molar-refractivity contribution is 7.92. The van der Waals surface area contributed by atoms with E-state index in [2.05, 4.69) is 14.9 Å². The molecule has 0 saturated heterocycles. The van der Waals surface area contributed by atoms with Crippen molar-refractivity contribution >= 4 is 26.5 Å². The summed E-state index contributed by atoms with van der Waals surface area (Å²) in [6.45, 7) is 0. The molecule has 5 nitrogen and oxygen atoms in total. The standard InChI is InChI=1S/C9H9N3O2S2/c1-16(13,14)12-9-11-10-8(15-9)7-5-3-2-4-6-7/h2-6H,1H3,(H,11,12). The van der Waals surface area contributed by atoms with E-state index in [1.807, 2.05) is 30.3 Å². The van der Waals surface area contributed by atoms with Gasteiger partial charge in [-0.2, -0.15) is 0 Å². The zero-order valence-corrected chi connectivity index (χ0v) is 10.0. The third-order valence-electron chi connectivity index (χ3n) is 1.72. The molecule has 1 N–H and O–H groups in total. The molecule has 0 bridgehead atoms. The highest BCUT2D eigenvalue weighted by Crippen LogP contribution is 2.26. The maximum absolute atomic E-state index is 11.0. The van der Waals surface area contributed by atoms with Gasteiger partial charge in [-0.05, 0) is 0 Å². The number of benzene rings is 1. The van der Waals surface area contributed by atoms with E-state index in [9.17, 15) is 8.42 Å². The van der Waals surface area contributed by atoms with E-state index in [-0.39, 0.29) is 5.13 Å². The number of aromatic nitrogens is 2. The molecule has 0 aliphatic rings. The summed E-state index contributed by atoms with van der Waals surface area (Å²) >= 11 is 1.20. The van der Waals surface area contributed by atoms with E-state index in [1.165, 1.54) is 11.3 Å². The van der Waals surface area contributed by atoms with Crippen LogP contribution in [-0.2, 0) is 10.0 Å². The van der Waals surface area contributed by atoms with Gasteiger partial charge < -0.3 is 0 Å². The van der Waals surface area contributed by atoms with Crippen LogP contribution in [-0.4, -0.2) is 24.9 Å². The van der Waals surface area contributed by atoms with Crippen LogP contribution in [0.2, 0.25) is 0 Å². The number of hydrogen-bond acceptors (Lipinski definition) is 5. The van der Waals surface area contributed by atoms with Crippen LogP contribution in [0.5, 0.6) is 0 Å². The second-order valence-electron chi connectivity index (χ2n) is 3.15. The molecule has 2 rings (SSSR count). The van der Waals surface area contributed by atoms with Crippen molar-refractivity contribution < 1.29 is 8.42 Å². The van der Waals surface area contributed by atoms with Crippen LogP contribution in [0.4, 0.5) is 5.13 Å². The first kappa shape index (κ1) is 11.0. The van der Waals surface area contributed by atoms with Gasteiger partial charge in [0.15, 0.2) is 0 Å². The van der Waals surface area contributed by atoms with Crippen LogP contribution in [0, 0.1) is 0 Å². The number of anilines is 1. The van der Waals surface area contributed by atoms with Crippen LogP contribution in [0.15, 0.2) is 30.3 Å². The maximum atomic E-state index is 11.0. The number of nitrogens with one attached hydrogen (secondary N) is 1. The summed E-state index contributed by atoms with van der Waals surface area (Å²) in [4.78, 5) is 0. The Morgan fingerprint density at radius 1 is 1.19 bits per heavy atom. The molecule has 1 aromatic heterocycles. The lowest BCUT2D eigenvalue weighted by Crippen LogP contribution is -2.08. The summed E-state index contributed by atoms with van der Waals surface area (Å²) in [6.07, 6.45) is 1.08. The number of nitrogens with zero attached hydrogens (tertiary/aromatic N) is 2. The third kappa shape index (κ3) is 2.77. The molecule has 0 spiro atoms. The summed E-state index contributed by atoms with van der Waals surface area (Å²) < 4.78 is 24.2. The van der Waals surface area contributed by atoms with Crippen LogP contribution in [0.3, 0.4) is 0 Å². The average molecular weight is 255 g/mol. The van der Waals surface area contributed by atoms with Gasteiger partial charge in [0.05, 0.1) is 6.26 Å². The lowest BCUT2D eigenvalue weighted by molar-refractivity contribution is 0.606. The van der Waals surface area contributed by atoms with Crippen molar-refractivity contribution in [2.45, 2.75) is 0 Å². The quantitative estimate of drug-likeness (QED) is 0.903. The molecule has 0 radical (unpaired) electrons. The predicted molar refractivity (Wildman–Crippen MR) is 63.8 cm³/mol. The highest BCUT2D eigenvalue weighted by Gasteiger charge is 2.09. The topological polar surface area (TPSA) is 72.0 Å². The minimum Gasteiger partial charge on any atom is -0.257 e. The Balaban J connectivity index is 2.27. The molecule has 0 aliphatic carbocycles. The second kappa shape index (κ2) is 4.18. The molecule has 7 heteroatoms. The largest absolute Gasteiger partial charge is 0.257 e. The van der Waals surface area contributed by atoms with Gasteiger partial charge in [-0.3, -0.25) is 4.72 Å². The number of sulfonamides is 1. The number of hydrogen-bond donors (Lipinski definition) is 1. The SMILES string of the molecule is CS(=O)(=O)Nc1nnc(-c2ccccc2)s1. The fraction of sp³-hybridized carbons (Fsp3) is 0.111. The van der Waals surface area contributed by atoms with Gasteiger partial charge in [0.25, 0.3) is 0 Å². The van der Waals surface area contributed by atoms with Crippen LogP contribution in [0.1, 0.15) is 0 Å². The van der Waals surface area contributed by atoms with E-state index >= 15 is 0 Å². The molecule has 0 amide bonds. The van der Waals surface area contributed by atoms with Gasteiger partial charge in [0.2, 0.25) is 15.2 Å². The molecule has 0 fully saturated rings. The van der Waals surface area contributed by atoms with Gasteiger partial charge in [-0.25, -0.2) is 8.42 Å². The van der Waals surface area contributed by atoms with Gasteiger partial charge in [0.1, 0.15) is 5.01 Å². The Labute approximate surface area is 97.2 Å². The van der Waals surface area contributed by atoms with Gasteiger partial charge >= 0.3 is 0 Å². The molecule has 84 valence electrons. The Morgan fingerprint density at radius 2 is 1.88 bits per heavy atom. The smallest absolute Gasteiger partial charge is 0.231 e. The fourth-order valence-corrected chi connectivity index (χ4v) is 2.70. The van der Waals surface area contributed by atoms with Gasteiger partial charge in [-0.1, -0.05) is 41.7 Å². The zero-order valence-electron chi connectivity index (χ0n) is 8.41. The molecular formula is C9H9N3O2S2. The highest BCUT2D eigenvalue weighted by atomic mass is 32.2. The summed E-state index contributed by atoms with van der Waals surface area (Å²) in [6, 6.07) is 9.47. The second-order valence-corrected chi connectivity index (χ2v) is 5.88. The minimum atomic E-state index is -3.29. The van der Waals surface area contributed by atoms with Crippen molar-refractivity contribution in [3.8, 4) is 10.6 Å². The van der Waals surface area contributed by atoms with Crippen LogP contribution >= 0.6 is 11.3 Å². The molecule has 16 heavy (non-hydrogen) atoms. The first-order valence-corrected chi connectivity index (χ1v) is 7.12. The first-order chi connectivity index (χ1) is 7.54. The molecule has 1 heterocycles. The molecule has 0 unspecified atom stereocenters. The van der Waals surface area contributed by atoms with Gasteiger partial charge in [0, 0.05) is 5.56 Å².